The lowest BCUT2D eigenvalue weighted by molar-refractivity contribution is -0.906. The van der Waals surface area contributed by atoms with E-state index in [9.17, 15) is 4.79 Å². The quantitative estimate of drug-likeness (QED) is 0.314. The number of carbonyl (C=O) groups excluding carboxylic acids is 1. The van der Waals surface area contributed by atoms with Gasteiger partial charge in [-0.25, -0.2) is 4.79 Å². The molecule has 0 amide bonds. The molecule has 0 aromatic heterocycles. The molecular weight excluding hydrogens is 417 g/mol. The Kier molecular flexibility index (Phi) is 10.6. The molecule has 0 spiro atoms. The standard InChI is InChI=1S/C19H32NO3.HI/c1-7-20(6,8-2)11-12-22-19(21)14-23-18-13-16(5)9-10-17(18)15(3)4;/h9-10,13,15H,7-8,11-12,14H2,1-6H3;1H/q+1;/p-1. The fraction of sp³-hybridized carbons (Fsp3) is 0.632. The van der Waals surface area contributed by atoms with E-state index < -0.39 is 0 Å². The molecule has 1 aromatic carbocycles. The van der Waals surface area contributed by atoms with Crippen LogP contribution in [-0.4, -0.2) is 50.3 Å². The highest BCUT2D eigenvalue weighted by atomic mass is 127. The summed E-state index contributed by atoms with van der Waals surface area (Å²) in [4.78, 5) is 11.9. The Morgan fingerprint density at radius 2 is 1.83 bits per heavy atom. The Morgan fingerprint density at radius 3 is 2.38 bits per heavy atom. The summed E-state index contributed by atoms with van der Waals surface area (Å²) in [5.74, 6) is 0.827. The maximum Gasteiger partial charge on any atom is 0.344 e. The smallest absolute Gasteiger partial charge is 0.344 e. The molecular formula is C19H32INO3. The molecule has 0 radical (unpaired) electrons. The monoisotopic (exact) mass is 449 g/mol. The third-order valence-corrected chi connectivity index (χ3v) is 4.56. The highest BCUT2D eigenvalue weighted by Crippen LogP contribution is 2.27. The summed E-state index contributed by atoms with van der Waals surface area (Å²) in [6.07, 6.45) is 0. The minimum absolute atomic E-state index is 0. The molecule has 138 valence electrons. The van der Waals surface area contributed by atoms with Gasteiger partial charge in [-0.3, -0.25) is 0 Å². The van der Waals surface area contributed by atoms with Gasteiger partial charge in [-0.2, -0.15) is 0 Å². The fourth-order valence-corrected chi connectivity index (χ4v) is 2.34. The molecule has 0 unspecified atom stereocenters. The maximum absolute atomic E-state index is 11.9. The van der Waals surface area contributed by atoms with E-state index in [0.717, 1.165) is 41.0 Å². The summed E-state index contributed by atoms with van der Waals surface area (Å²) in [7, 11) is 2.17. The Hall–Kier alpha value is -0.820. The van der Waals surface area contributed by atoms with Gasteiger partial charge in [-0.1, -0.05) is 26.0 Å². The molecule has 0 N–H and O–H groups in total. The van der Waals surface area contributed by atoms with Gasteiger partial charge in [-0.15, -0.1) is 0 Å². The zero-order chi connectivity index (χ0) is 17.5. The number of aryl methyl sites for hydroxylation is 1. The van der Waals surface area contributed by atoms with Crippen molar-refractivity contribution in [1.82, 2.24) is 0 Å². The molecule has 24 heavy (non-hydrogen) atoms. The van der Waals surface area contributed by atoms with Gasteiger partial charge in [0.25, 0.3) is 0 Å². The first kappa shape index (κ1) is 23.2. The summed E-state index contributed by atoms with van der Waals surface area (Å²) < 4.78 is 11.9. The van der Waals surface area contributed by atoms with E-state index >= 15 is 0 Å². The normalized spacial score (nSPS) is 11.1. The number of carbonyl (C=O) groups is 1. The molecule has 0 aliphatic carbocycles. The van der Waals surface area contributed by atoms with E-state index in [1.54, 1.807) is 0 Å². The van der Waals surface area contributed by atoms with Gasteiger partial charge in [0.05, 0.1) is 20.1 Å². The third-order valence-electron chi connectivity index (χ3n) is 4.56. The van der Waals surface area contributed by atoms with Crippen molar-refractivity contribution in [2.24, 2.45) is 0 Å². The molecule has 5 heteroatoms. The molecule has 0 heterocycles. The Labute approximate surface area is 164 Å². The molecule has 1 aromatic rings. The van der Waals surface area contributed by atoms with Crippen LogP contribution >= 0.6 is 0 Å². The topological polar surface area (TPSA) is 35.5 Å². The van der Waals surface area contributed by atoms with Crippen LogP contribution in [-0.2, 0) is 9.53 Å². The van der Waals surface area contributed by atoms with Gasteiger partial charge in [0.15, 0.2) is 6.61 Å². The zero-order valence-corrected chi connectivity index (χ0v) is 18.1. The highest BCUT2D eigenvalue weighted by Gasteiger charge is 2.17. The van der Waals surface area contributed by atoms with Gasteiger partial charge < -0.3 is 37.9 Å². The van der Waals surface area contributed by atoms with Crippen LogP contribution in [0, 0.1) is 6.92 Å². The van der Waals surface area contributed by atoms with E-state index in [0.29, 0.717) is 12.5 Å². The van der Waals surface area contributed by atoms with Gasteiger partial charge in [-0.05, 0) is 43.9 Å². The van der Waals surface area contributed by atoms with Crippen LogP contribution < -0.4 is 28.7 Å². The molecule has 0 saturated carbocycles. The van der Waals surface area contributed by atoms with E-state index in [1.165, 1.54) is 0 Å². The summed E-state index contributed by atoms with van der Waals surface area (Å²) in [5.41, 5.74) is 2.24. The number of rotatable bonds is 9. The van der Waals surface area contributed by atoms with Crippen LogP contribution in [0.15, 0.2) is 18.2 Å². The number of nitrogens with zero attached hydrogens (tertiary/aromatic N) is 1. The van der Waals surface area contributed by atoms with Crippen LogP contribution in [0.1, 0.15) is 44.7 Å². The van der Waals surface area contributed by atoms with Gasteiger partial charge in [0.1, 0.15) is 18.9 Å². The lowest BCUT2D eigenvalue weighted by Crippen LogP contribution is -3.00. The van der Waals surface area contributed by atoms with Crippen LogP contribution in [0.4, 0.5) is 0 Å². The van der Waals surface area contributed by atoms with Crippen LogP contribution in [0.2, 0.25) is 0 Å². The van der Waals surface area contributed by atoms with Crippen molar-refractivity contribution in [3.05, 3.63) is 29.3 Å². The van der Waals surface area contributed by atoms with Crippen LogP contribution in [0.3, 0.4) is 0 Å². The molecule has 0 atom stereocenters. The predicted octanol–water partition coefficient (Wildman–Crippen LogP) is 0.531. The molecule has 0 aliphatic heterocycles. The second kappa shape index (κ2) is 10.9. The maximum atomic E-state index is 11.9. The second-order valence-corrected chi connectivity index (χ2v) is 6.68. The average molecular weight is 449 g/mol. The van der Waals surface area contributed by atoms with Crippen molar-refractivity contribution in [2.45, 2.75) is 40.5 Å². The molecule has 0 fully saturated rings. The van der Waals surface area contributed by atoms with Crippen molar-refractivity contribution in [3.63, 3.8) is 0 Å². The number of hydrogen-bond acceptors (Lipinski definition) is 3. The van der Waals surface area contributed by atoms with Crippen molar-refractivity contribution in [2.75, 3.05) is 39.9 Å². The lowest BCUT2D eigenvalue weighted by Gasteiger charge is -2.31. The number of ether oxygens (including phenoxy) is 2. The first-order chi connectivity index (χ1) is 10.8. The Morgan fingerprint density at radius 1 is 1.21 bits per heavy atom. The van der Waals surface area contributed by atoms with Crippen LogP contribution in [0.25, 0.3) is 0 Å². The third kappa shape index (κ3) is 7.38. The lowest BCUT2D eigenvalue weighted by atomic mass is 10.0. The van der Waals surface area contributed by atoms with Crippen molar-refractivity contribution in [1.29, 1.82) is 0 Å². The number of hydrogen-bond donors (Lipinski definition) is 0. The summed E-state index contributed by atoms with van der Waals surface area (Å²) in [6.45, 7) is 13.9. The highest BCUT2D eigenvalue weighted by molar-refractivity contribution is 5.71. The van der Waals surface area contributed by atoms with Crippen molar-refractivity contribution >= 4 is 5.97 Å². The first-order valence-electron chi connectivity index (χ1n) is 8.53. The van der Waals surface area contributed by atoms with Crippen molar-refractivity contribution in [3.8, 4) is 5.75 Å². The summed E-state index contributed by atoms with van der Waals surface area (Å²) in [5, 5.41) is 0. The Balaban J connectivity index is 0.00000529. The zero-order valence-electron chi connectivity index (χ0n) is 15.9. The van der Waals surface area contributed by atoms with Crippen molar-refractivity contribution < 1.29 is 42.7 Å². The number of esters is 1. The number of halogens is 1. The molecule has 0 bridgehead atoms. The fourth-order valence-electron chi connectivity index (χ4n) is 2.34. The number of likely N-dealkylation sites (N-methyl/N-ethyl adjacent to an activating group) is 1. The van der Waals surface area contributed by atoms with E-state index in [2.05, 4.69) is 46.9 Å². The van der Waals surface area contributed by atoms with Gasteiger partial charge in [0.2, 0.25) is 0 Å². The number of benzene rings is 1. The number of quaternary nitrogens is 1. The SMILES string of the molecule is CC[N+](C)(CC)CCOC(=O)COc1cc(C)ccc1C(C)C.[I-]. The minimum atomic E-state index is -0.306. The molecule has 4 nitrogen and oxygen atoms in total. The Bertz CT molecular complexity index is 513. The van der Waals surface area contributed by atoms with E-state index in [1.807, 2.05) is 13.0 Å². The molecule has 0 saturated heterocycles. The predicted molar refractivity (Wildman–Crippen MR) is 93.9 cm³/mol. The molecule has 0 aliphatic rings. The average Bonchev–Trinajstić information content (AvgIpc) is 2.52. The van der Waals surface area contributed by atoms with Gasteiger partial charge >= 0.3 is 5.97 Å². The summed E-state index contributed by atoms with van der Waals surface area (Å²) >= 11 is 0. The van der Waals surface area contributed by atoms with Crippen LogP contribution in [0.5, 0.6) is 5.75 Å². The summed E-state index contributed by atoms with van der Waals surface area (Å²) in [6, 6.07) is 6.10. The van der Waals surface area contributed by atoms with E-state index in [-0.39, 0.29) is 36.6 Å². The minimum Gasteiger partial charge on any atom is -1.00 e. The van der Waals surface area contributed by atoms with E-state index in [4.69, 9.17) is 9.47 Å². The first-order valence-corrected chi connectivity index (χ1v) is 8.53. The van der Waals surface area contributed by atoms with Gasteiger partial charge in [0, 0.05) is 0 Å². The largest absolute Gasteiger partial charge is 1.00 e. The second-order valence-electron chi connectivity index (χ2n) is 6.68. The molecule has 1 rings (SSSR count).